The summed E-state index contributed by atoms with van der Waals surface area (Å²) in [6.45, 7) is 5.84. The SMILES string of the molecule is CCc1oncc1C(=O)N1CC2C(CNC(=O)C(C)n3cncn3)C2C1. The van der Waals surface area contributed by atoms with Crippen molar-refractivity contribution in [3.8, 4) is 0 Å². The Balaban J connectivity index is 1.26. The Hall–Kier alpha value is -2.71. The lowest BCUT2D eigenvalue weighted by Crippen LogP contribution is -2.36. The maximum Gasteiger partial charge on any atom is 0.259 e. The topological polar surface area (TPSA) is 106 Å². The molecule has 138 valence electrons. The molecule has 1 aliphatic carbocycles. The zero-order valence-corrected chi connectivity index (χ0v) is 14.8. The van der Waals surface area contributed by atoms with E-state index in [1.807, 2.05) is 11.8 Å². The number of aryl methyl sites for hydroxylation is 1. The van der Waals surface area contributed by atoms with Crippen molar-refractivity contribution in [1.29, 1.82) is 0 Å². The minimum Gasteiger partial charge on any atom is -0.361 e. The third-order valence-electron chi connectivity index (χ3n) is 5.58. The van der Waals surface area contributed by atoms with Crippen LogP contribution < -0.4 is 5.32 Å². The molecule has 2 amide bonds. The Bertz CT molecular complexity index is 789. The molecule has 1 N–H and O–H groups in total. The van der Waals surface area contributed by atoms with Crippen molar-refractivity contribution in [2.75, 3.05) is 19.6 Å². The van der Waals surface area contributed by atoms with Gasteiger partial charge in [0.25, 0.3) is 5.91 Å². The molecular formula is C17H22N6O3. The van der Waals surface area contributed by atoms with Gasteiger partial charge >= 0.3 is 0 Å². The molecule has 1 saturated heterocycles. The van der Waals surface area contributed by atoms with Crippen LogP contribution in [0.3, 0.4) is 0 Å². The fourth-order valence-electron chi connectivity index (χ4n) is 3.89. The number of hydrogen-bond donors (Lipinski definition) is 1. The van der Waals surface area contributed by atoms with Crippen molar-refractivity contribution >= 4 is 11.8 Å². The molecule has 2 aliphatic rings. The molecule has 2 fully saturated rings. The summed E-state index contributed by atoms with van der Waals surface area (Å²) in [5.74, 6) is 1.95. The van der Waals surface area contributed by atoms with E-state index in [1.54, 1.807) is 6.92 Å². The quantitative estimate of drug-likeness (QED) is 0.807. The highest BCUT2D eigenvalue weighted by Gasteiger charge is 2.56. The van der Waals surface area contributed by atoms with E-state index in [9.17, 15) is 9.59 Å². The third-order valence-corrected chi connectivity index (χ3v) is 5.58. The number of rotatable bonds is 6. The van der Waals surface area contributed by atoms with Gasteiger partial charge in [-0.3, -0.25) is 9.59 Å². The molecule has 3 heterocycles. The number of aromatic nitrogens is 4. The van der Waals surface area contributed by atoms with E-state index >= 15 is 0 Å². The van der Waals surface area contributed by atoms with Crippen molar-refractivity contribution in [1.82, 2.24) is 30.1 Å². The maximum absolute atomic E-state index is 12.6. The lowest BCUT2D eigenvalue weighted by molar-refractivity contribution is -0.124. The summed E-state index contributed by atoms with van der Waals surface area (Å²) in [6.07, 6.45) is 5.11. The highest BCUT2D eigenvalue weighted by molar-refractivity contribution is 5.95. The van der Waals surface area contributed by atoms with Crippen LogP contribution in [0.4, 0.5) is 0 Å². The number of amides is 2. The van der Waals surface area contributed by atoms with Crippen LogP contribution in [-0.2, 0) is 11.2 Å². The van der Waals surface area contributed by atoms with Gasteiger partial charge in [-0.2, -0.15) is 5.10 Å². The number of fused-ring (bicyclic) bond motifs is 1. The van der Waals surface area contributed by atoms with Gasteiger partial charge in [0.2, 0.25) is 5.91 Å². The van der Waals surface area contributed by atoms with E-state index < -0.39 is 0 Å². The van der Waals surface area contributed by atoms with Gasteiger partial charge in [-0.1, -0.05) is 12.1 Å². The molecule has 4 rings (SSSR count). The van der Waals surface area contributed by atoms with E-state index in [1.165, 1.54) is 23.5 Å². The summed E-state index contributed by atoms with van der Waals surface area (Å²) in [5.41, 5.74) is 0.570. The molecule has 0 radical (unpaired) electrons. The van der Waals surface area contributed by atoms with Gasteiger partial charge < -0.3 is 14.7 Å². The average Bonchev–Trinajstić information content (AvgIpc) is 3.21. The minimum absolute atomic E-state index is 0.00195. The predicted octanol–water partition coefficient (Wildman–Crippen LogP) is 0.524. The smallest absolute Gasteiger partial charge is 0.259 e. The van der Waals surface area contributed by atoms with Crippen molar-refractivity contribution in [2.45, 2.75) is 26.3 Å². The van der Waals surface area contributed by atoms with Gasteiger partial charge in [-0.05, 0) is 24.7 Å². The molecule has 2 aromatic heterocycles. The van der Waals surface area contributed by atoms with Crippen LogP contribution >= 0.6 is 0 Å². The number of nitrogens with one attached hydrogen (secondary N) is 1. The van der Waals surface area contributed by atoms with Crippen LogP contribution in [-0.4, -0.2) is 56.3 Å². The van der Waals surface area contributed by atoms with Gasteiger partial charge in [0.15, 0.2) is 0 Å². The second kappa shape index (κ2) is 6.54. The van der Waals surface area contributed by atoms with E-state index in [-0.39, 0.29) is 17.9 Å². The molecule has 9 nitrogen and oxygen atoms in total. The monoisotopic (exact) mass is 358 g/mol. The van der Waals surface area contributed by atoms with Gasteiger partial charge in [0, 0.05) is 26.1 Å². The first-order valence-corrected chi connectivity index (χ1v) is 8.94. The predicted molar refractivity (Wildman–Crippen MR) is 90.0 cm³/mol. The first-order valence-electron chi connectivity index (χ1n) is 8.94. The zero-order valence-electron chi connectivity index (χ0n) is 14.8. The molecular weight excluding hydrogens is 336 g/mol. The molecule has 9 heteroatoms. The molecule has 0 aromatic carbocycles. The third kappa shape index (κ3) is 2.87. The second-order valence-electron chi connectivity index (χ2n) is 7.01. The summed E-state index contributed by atoms with van der Waals surface area (Å²) in [7, 11) is 0. The molecule has 26 heavy (non-hydrogen) atoms. The van der Waals surface area contributed by atoms with Crippen LogP contribution in [0.15, 0.2) is 23.4 Å². The first-order chi connectivity index (χ1) is 12.6. The van der Waals surface area contributed by atoms with Crippen molar-refractivity contribution in [3.63, 3.8) is 0 Å². The lowest BCUT2D eigenvalue weighted by Gasteiger charge is -2.20. The largest absolute Gasteiger partial charge is 0.361 e. The standard InChI is InChI=1S/C17H22N6O3/c1-3-15-12(5-21-26-15)17(25)22-6-13-11(14(13)7-22)4-19-16(24)10(2)23-9-18-8-20-23/h5,8-11,13-14H,3-4,6-7H2,1-2H3,(H,19,24). The Kier molecular flexibility index (Phi) is 4.21. The van der Waals surface area contributed by atoms with Crippen molar-refractivity contribution in [3.05, 3.63) is 30.2 Å². The van der Waals surface area contributed by atoms with Crippen LogP contribution in [0.5, 0.6) is 0 Å². The van der Waals surface area contributed by atoms with Crippen LogP contribution in [0, 0.1) is 17.8 Å². The van der Waals surface area contributed by atoms with Crippen LogP contribution in [0.1, 0.15) is 36.0 Å². The Morgan fingerprint density at radius 3 is 2.81 bits per heavy atom. The van der Waals surface area contributed by atoms with Gasteiger partial charge in [0.1, 0.15) is 30.0 Å². The zero-order chi connectivity index (χ0) is 18.3. The number of carbonyl (C=O) groups is 2. The molecule has 2 aromatic rings. The lowest BCUT2D eigenvalue weighted by atomic mass is 10.2. The van der Waals surface area contributed by atoms with Gasteiger partial charge in [0.05, 0.1) is 6.20 Å². The number of carbonyl (C=O) groups excluding carboxylic acids is 2. The van der Waals surface area contributed by atoms with Crippen LogP contribution in [0.25, 0.3) is 0 Å². The number of hydrogen-bond acceptors (Lipinski definition) is 6. The summed E-state index contributed by atoms with van der Waals surface area (Å²) >= 11 is 0. The molecule has 1 aliphatic heterocycles. The van der Waals surface area contributed by atoms with E-state index in [0.717, 1.165) is 13.1 Å². The van der Waals surface area contributed by atoms with Crippen LogP contribution in [0.2, 0.25) is 0 Å². The summed E-state index contributed by atoms with van der Waals surface area (Å²) in [6, 6.07) is -0.379. The minimum atomic E-state index is -0.379. The van der Waals surface area contributed by atoms with Crippen molar-refractivity contribution in [2.24, 2.45) is 17.8 Å². The first kappa shape index (κ1) is 16.7. The fourth-order valence-corrected chi connectivity index (χ4v) is 3.89. The Morgan fingerprint density at radius 2 is 2.15 bits per heavy atom. The summed E-state index contributed by atoms with van der Waals surface area (Å²) < 4.78 is 6.65. The van der Waals surface area contributed by atoms with E-state index in [0.29, 0.717) is 42.0 Å². The van der Waals surface area contributed by atoms with Gasteiger partial charge in [-0.25, -0.2) is 9.67 Å². The average molecular weight is 358 g/mol. The molecule has 1 saturated carbocycles. The number of nitrogens with zero attached hydrogens (tertiary/aromatic N) is 5. The normalized spacial score (nSPS) is 25.0. The van der Waals surface area contributed by atoms with E-state index in [4.69, 9.17) is 4.52 Å². The summed E-state index contributed by atoms with van der Waals surface area (Å²) in [5, 5.41) is 10.7. The number of piperidine rings is 1. The molecule has 0 bridgehead atoms. The molecule has 0 spiro atoms. The highest BCUT2D eigenvalue weighted by atomic mass is 16.5. The molecule has 3 atom stereocenters. The molecule has 3 unspecified atom stereocenters. The maximum atomic E-state index is 12.6. The number of likely N-dealkylation sites (tertiary alicyclic amines) is 1. The van der Waals surface area contributed by atoms with Gasteiger partial charge in [-0.15, -0.1) is 0 Å². The van der Waals surface area contributed by atoms with Crippen molar-refractivity contribution < 1.29 is 14.1 Å². The highest BCUT2D eigenvalue weighted by Crippen LogP contribution is 2.51. The Morgan fingerprint density at radius 1 is 1.38 bits per heavy atom. The van der Waals surface area contributed by atoms with E-state index in [2.05, 4.69) is 20.6 Å². The summed E-state index contributed by atoms with van der Waals surface area (Å²) in [4.78, 5) is 30.5. The second-order valence-corrected chi connectivity index (χ2v) is 7.01. The fraction of sp³-hybridized carbons (Fsp3) is 0.588. The Labute approximate surface area is 150 Å².